The zero-order valence-electron chi connectivity index (χ0n) is 9.34. The zero-order valence-corrected chi connectivity index (χ0v) is 9.34. The largest absolute Gasteiger partial charge is 0.421 e. The van der Waals surface area contributed by atoms with Gasteiger partial charge in [0.15, 0.2) is 5.76 Å². The summed E-state index contributed by atoms with van der Waals surface area (Å²) in [5.74, 6) is -0.151. The van der Waals surface area contributed by atoms with E-state index < -0.39 is 10.9 Å². The molecule has 6 heteroatoms. The van der Waals surface area contributed by atoms with Gasteiger partial charge in [0, 0.05) is 38.0 Å². The number of ether oxygens (including phenoxy) is 1. The zero-order chi connectivity index (χ0) is 12.6. The molecule has 0 aromatic heterocycles. The molecule has 1 aliphatic heterocycles. The molecule has 0 N–H and O–H groups in total. The first-order valence-electron chi connectivity index (χ1n) is 4.88. The van der Waals surface area contributed by atoms with Gasteiger partial charge in [0.2, 0.25) is 0 Å². The van der Waals surface area contributed by atoms with Crippen molar-refractivity contribution in [2.45, 2.75) is 0 Å². The number of esters is 1. The highest BCUT2D eigenvalue weighted by Gasteiger charge is 2.28. The number of cyclic esters (lactones) is 1. The Morgan fingerprint density at radius 2 is 2.06 bits per heavy atom. The fourth-order valence-corrected chi connectivity index (χ4v) is 1.57. The van der Waals surface area contributed by atoms with Crippen molar-refractivity contribution in [1.82, 2.24) is 4.90 Å². The van der Waals surface area contributed by atoms with E-state index in [1.54, 1.807) is 25.2 Å². The number of hydrogen-bond donors (Lipinski definition) is 0. The Bertz CT molecular complexity index is 534. The third-order valence-corrected chi connectivity index (χ3v) is 2.28. The van der Waals surface area contributed by atoms with Crippen LogP contribution in [-0.2, 0) is 4.74 Å². The molecule has 88 valence electrons. The number of carbonyl (C=O) groups excluding carboxylic acids is 1. The van der Waals surface area contributed by atoms with Crippen molar-refractivity contribution in [1.29, 1.82) is 0 Å². The summed E-state index contributed by atoms with van der Waals surface area (Å²) in [4.78, 5) is 23.3. The minimum atomic E-state index is -0.559. The van der Waals surface area contributed by atoms with Crippen LogP contribution in [0.4, 0.5) is 5.69 Å². The Hall–Kier alpha value is -2.37. The van der Waals surface area contributed by atoms with Gasteiger partial charge in [0.05, 0.1) is 10.5 Å². The number of hydrogen-bond acceptors (Lipinski definition) is 5. The number of nitrogens with zero attached hydrogens (tertiary/aromatic N) is 2. The normalized spacial score (nSPS) is 15.6. The smallest absolute Gasteiger partial charge is 0.344 e. The van der Waals surface area contributed by atoms with Gasteiger partial charge in [0.1, 0.15) is 0 Å². The van der Waals surface area contributed by atoms with Crippen LogP contribution in [0, 0.1) is 10.1 Å². The Kier molecular flexibility index (Phi) is 2.55. The third kappa shape index (κ3) is 1.96. The maximum Gasteiger partial charge on any atom is 0.344 e. The molecule has 1 aromatic carbocycles. The van der Waals surface area contributed by atoms with Crippen molar-refractivity contribution in [3.8, 4) is 0 Å². The van der Waals surface area contributed by atoms with Crippen LogP contribution in [0.2, 0.25) is 0 Å². The van der Waals surface area contributed by atoms with Crippen LogP contribution >= 0.6 is 0 Å². The Balaban J connectivity index is 2.51. The average molecular weight is 234 g/mol. The molecular weight excluding hydrogens is 224 g/mol. The summed E-state index contributed by atoms with van der Waals surface area (Å²) in [6.45, 7) is 0. The number of carbonyl (C=O) groups is 1. The van der Waals surface area contributed by atoms with Crippen molar-refractivity contribution < 1.29 is 14.5 Å². The van der Waals surface area contributed by atoms with Crippen molar-refractivity contribution in [3.63, 3.8) is 0 Å². The number of nitro groups is 1. The number of rotatable bonds is 2. The topological polar surface area (TPSA) is 72.7 Å². The summed E-state index contributed by atoms with van der Waals surface area (Å²) in [6, 6.07) is 4.10. The van der Waals surface area contributed by atoms with E-state index in [-0.39, 0.29) is 11.3 Å². The first kappa shape index (κ1) is 11.1. The molecule has 0 saturated heterocycles. The molecule has 0 spiro atoms. The van der Waals surface area contributed by atoms with E-state index in [1.165, 1.54) is 18.2 Å². The molecule has 1 aliphatic rings. The van der Waals surface area contributed by atoms with Gasteiger partial charge >= 0.3 is 5.97 Å². The molecule has 0 bridgehead atoms. The van der Waals surface area contributed by atoms with Crippen LogP contribution in [0.3, 0.4) is 0 Å². The van der Waals surface area contributed by atoms with Gasteiger partial charge in [-0.2, -0.15) is 0 Å². The number of benzene rings is 1. The molecule has 0 amide bonds. The van der Waals surface area contributed by atoms with E-state index in [2.05, 4.69) is 0 Å². The van der Waals surface area contributed by atoms with E-state index in [9.17, 15) is 14.9 Å². The SMILES string of the molecule is CN(C)C=C1OC(=O)c2cc([N+](=O)[O-])ccc21. The van der Waals surface area contributed by atoms with Crippen molar-refractivity contribution in [2.24, 2.45) is 0 Å². The van der Waals surface area contributed by atoms with E-state index in [0.717, 1.165) is 0 Å². The van der Waals surface area contributed by atoms with Gasteiger partial charge < -0.3 is 9.64 Å². The molecule has 0 aliphatic carbocycles. The van der Waals surface area contributed by atoms with Crippen LogP contribution in [0.1, 0.15) is 15.9 Å². The number of nitro benzene ring substituents is 1. The fourth-order valence-electron chi connectivity index (χ4n) is 1.57. The molecule has 1 heterocycles. The van der Waals surface area contributed by atoms with Gasteiger partial charge in [-0.25, -0.2) is 4.79 Å². The lowest BCUT2D eigenvalue weighted by Gasteiger charge is -2.06. The van der Waals surface area contributed by atoms with Crippen molar-refractivity contribution in [3.05, 3.63) is 45.6 Å². The molecular formula is C11H10N2O4. The van der Waals surface area contributed by atoms with Crippen LogP contribution in [0.25, 0.3) is 5.76 Å². The Morgan fingerprint density at radius 3 is 2.65 bits per heavy atom. The highest BCUT2D eigenvalue weighted by atomic mass is 16.6. The van der Waals surface area contributed by atoms with Crippen molar-refractivity contribution >= 4 is 17.4 Å². The quantitative estimate of drug-likeness (QED) is 0.441. The molecule has 0 atom stereocenters. The first-order valence-corrected chi connectivity index (χ1v) is 4.88. The van der Waals surface area contributed by atoms with Gasteiger partial charge in [-0.15, -0.1) is 0 Å². The predicted octanol–water partition coefficient (Wildman–Crippen LogP) is 1.63. The predicted molar refractivity (Wildman–Crippen MR) is 60.2 cm³/mol. The molecule has 0 radical (unpaired) electrons. The summed E-state index contributed by atoms with van der Waals surface area (Å²) < 4.78 is 5.04. The first-order chi connectivity index (χ1) is 7.99. The van der Waals surface area contributed by atoms with E-state index in [0.29, 0.717) is 11.3 Å². The lowest BCUT2D eigenvalue weighted by atomic mass is 10.1. The Labute approximate surface area is 97.2 Å². The summed E-state index contributed by atoms with van der Waals surface area (Å²) in [5, 5.41) is 10.6. The molecule has 1 aromatic rings. The van der Waals surface area contributed by atoms with Gasteiger partial charge in [-0.05, 0) is 6.07 Å². The standard InChI is InChI=1S/C11H10N2O4/c1-12(2)6-10-8-4-3-7(13(15)16)5-9(8)11(14)17-10/h3-6H,1-2H3. The summed E-state index contributed by atoms with van der Waals surface area (Å²) >= 11 is 0. The summed E-state index contributed by atoms with van der Waals surface area (Å²) in [6.07, 6.45) is 1.65. The highest BCUT2D eigenvalue weighted by Crippen LogP contribution is 2.32. The minimum Gasteiger partial charge on any atom is -0.421 e. The van der Waals surface area contributed by atoms with E-state index in [1.807, 2.05) is 0 Å². The van der Waals surface area contributed by atoms with Crippen molar-refractivity contribution in [2.75, 3.05) is 14.1 Å². The molecule has 0 unspecified atom stereocenters. The second kappa shape index (κ2) is 3.89. The lowest BCUT2D eigenvalue weighted by Crippen LogP contribution is -2.02. The number of non-ortho nitro benzene ring substituents is 1. The van der Waals surface area contributed by atoms with Gasteiger partial charge in [-0.3, -0.25) is 10.1 Å². The monoisotopic (exact) mass is 234 g/mol. The molecule has 2 rings (SSSR count). The molecule has 17 heavy (non-hydrogen) atoms. The maximum absolute atomic E-state index is 11.5. The fraction of sp³-hybridized carbons (Fsp3) is 0.182. The molecule has 0 fully saturated rings. The second-order valence-electron chi connectivity index (χ2n) is 3.83. The van der Waals surface area contributed by atoms with Crippen LogP contribution in [0.5, 0.6) is 0 Å². The van der Waals surface area contributed by atoms with Gasteiger partial charge in [-0.1, -0.05) is 0 Å². The average Bonchev–Trinajstić information content (AvgIpc) is 2.54. The van der Waals surface area contributed by atoms with Crippen LogP contribution in [0.15, 0.2) is 24.4 Å². The molecule has 6 nitrogen and oxygen atoms in total. The summed E-state index contributed by atoms with van der Waals surface area (Å²) in [7, 11) is 3.59. The lowest BCUT2D eigenvalue weighted by molar-refractivity contribution is -0.384. The number of fused-ring (bicyclic) bond motifs is 1. The highest BCUT2D eigenvalue weighted by molar-refractivity contribution is 6.03. The molecule has 0 saturated carbocycles. The summed E-state index contributed by atoms with van der Waals surface area (Å²) in [5.41, 5.74) is 0.688. The second-order valence-corrected chi connectivity index (χ2v) is 3.83. The van der Waals surface area contributed by atoms with Crippen LogP contribution in [-0.4, -0.2) is 29.9 Å². The maximum atomic E-state index is 11.5. The van der Waals surface area contributed by atoms with Crippen LogP contribution < -0.4 is 0 Å². The van der Waals surface area contributed by atoms with Gasteiger partial charge in [0.25, 0.3) is 5.69 Å². The third-order valence-electron chi connectivity index (χ3n) is 2.28. The Morgan fingerprint density at radius 1 is 1.35 bits per heavy atom. The van der Waals surface area contributed by atoms with E-state index in [4.69, 9.17) is 4.74 Å². The minimum absolute atomic E-state index is 0.119. The van der Waals surface area contributed by atoms with E-state index >= 15 is 0 Å².